The molecule has 0 unspecified atom stereocenters. The molecule has 7 heteroatoms. The molecule has 0 atom stereocenters. The zero-order valence-electron chi connectivity index (χ0n) is 13.2. The van der Waals surface area contributed by atoms with E-state index < -0.39 is 20.3 Å². The molecule has 6 nitrogen and oxygen atoms in total. The highest BCUT2D eigenvalue weighted by atomic mass is 32.2. The van der Waals surface area contributed by atoms with Gasteiger partial charge in [-0.3, -0.25) is 0 Å². The van der Waals surface area contributed by atoms with E-state index in [0.29, 0.717) is 30.8 Å². The number of pyridine rings is 1. The molecule has 1 aromatic rings. The molecule has 1 aromatic heterocycles. The fourth-order valence-electron chi connectivity index (χ4n) is 2.47. The first kappa shape index (κ1) is 16.7. The normalized spacial score (nSPS) is 17.4. The number of nitriles is 1. The molecule has 1 aliphatic carbocycles. The summed E-state index contributed by atoms with van der Waals surface area (Å²) in [7, 11) is -3.43. The summed E-state index contributed by atoms with van der Waals surface area (Å²) in [6, 6.07) is 5.28. The van der Waals surface area contributed by atoms with Crippen molar-refractivity contribution in [2.24, 2.45) is 0 Å². The Morgan fingerprint density at radius 3 is 2.59 bits per heavy atom. The molecule has 120 valence electrons. The van der Waals surface area contributed by atoms with E-state index in [2.05, 4.69) is 15.0 Å². The summed E-state index contributed by atoms with van der Waals surface area (Å²) >= 11 is 0. The van der Waals surface area contributed by atoms with Crippen molar-refractivity contribution in [3.8, 4) is 6.07 Å². The van der Waals surface area contributed by atoms with E-state index in [1.54, 1.807) is 12.1 Å². The first-order chi connectivity index (χ1) is 10.2. The minimum absolute atomic E-state index is 0.292. The Hall–Kier alpha value is -1.65. The van der Waals surface area contributed by atoms with Gasteiger partial charge in [0.15, 0.2) is 0 Å². The van der Waals surface area contributed by atoms with E-state index in [4.69, 9.17) is 5.26 Å². The molecule has 2 rings (SSSR count). The van der Waals surface area contributed by atoms with Gasteiger partial charge in [0, 0.05) is 18.3 Å². The van der Waals surface area contributed by atoms with Crippen LogP contribution < -0.4 is 10.0 Å². The summed E-state index contributed by atoms with van der Waals surface area (Å²) in [5.41, 5.74) is -0.00346. The van der Waals surface area contributed by atoms with Crippen molar-refractivity contribution in [3.05, 3.63) is 23.9 Å². The zero-order valence-corrected chi connectivity index (χ0v) is 14.0. The van der Waals surface area contributed by atoms with Crippen molar-refractivity contribution in [1.29, 1.82) is 5.26 Å². The van der Waals surface area contributed by atoms with E-state index in [0.717, 1.165) is 6.42 Å². The van der Waals surface area contributed by atoms with Gasteiger partial charge in [0.05, 0.1) is 11.6 Å². The number of hydrogen-bond acceptors (Lipinski definition) is 5. The fourth-order valence-corrected chi connectivity index (χ4v) is 4.58. The number of aromatic nitrogens is 1. The van der Waals surface area contributed by atoms with Crippen molar-refractivity contribution in [2.45, 2.75) is 50.3 Å². The van der Waals surface area contributed by atoms with Gasteiger partial charge in [-0.05, 0) is 45.7 Å². The second-order valence-electron chi connectivity index (χ2n) is 6.79. The Balaban J connectivity index is 2.13. The van der Waals surface area contributed by atoms with Gasteiger partial charge in [0.25, 0.3) is 0 Å². The maximum Gasteiger partial charge on any atom is 0.219 e. The predicted octanol–water partition coefficient (Wildman–Crippen LogP) is 2.01. The van der Waals surface area contributed by atoms with Gasteiger partial charge in [0.1, 0.15) is 10.6 Å². The lowest BCUT2D eigenvalue weighted by Gasteiger charge is -2.42. The number of hydrogen-bond donors (Lipinski definition) is 2. The molecule has 0 amide bonds. The molecule has 2 N–H and O–H groups in total. The predicted molar refractivity (Wildman–Crippen MR) is 85.8 cm³/mol. The van der Waals surface area contributed by atoms with Crippen LogP contribution in [0.15, 0.2) is 18.3 Å². The molecule has 0 aromatic carbocycles. The minimum atomic E-state index is -3.43. The SMILES string of the molecule is CC(C)(C)NS(=O)(=O)C1(CNc2cc(C#N)ccn2)CCC1. The molecule has 1 fully saturated rings. The van der Waals surface area contributed by atoms with E-state index in [-0.39, 0.29) is 0 Å². The lowest BCUT2D eigenvalue weighted by molar-refractivity contribution is 0.339. The van der Waals surface area contributed by atoms with Crippen molar-refractivity contribution in [1.82, 2.24) is 9.71 Å². The topological polar surface area (TPSA) is 94.9 Å². The van der Waals surface area contributed by atoms with Crippen LogP contribution in [-0.4, -0.2) is 30.2 Å². The quantitative estimate of drug-likeness (QED) is 0.864. The molecule has 0 aliphatic heterocycles. The lowest BCUT2D eigenvalue weighted by atomic mass is 9.84. The number of anilines is 1. The minimum Gasteiger partial charge on any atom is -0.368 e. The van der Waals surface area contributed by atoms with Crippen molar-refractivity contribution in [3.63, 3.8) is 0 Å². The van der Waals surface area contributed by atoms with E-state index >= 15 is 0 Å². The second kappa shape index (κ2) is 5.86. The van der Waals surface area contributed by atoms with Crippen LogP contribution in [0.4, 0.5) is 5.82 Å². The molecule has 0 spiro atoms. The average Bonchev–Trinajstić information content (AvgIpc) is 2.34. The van der Waals surface area contributed by atoms with Crippen LogP contribution in [0.3, 0.4) is 0 Å². The third-order valence-corrected chi connectivity index (χ3v) is 6.33. The Morgan fingerprint density at radius 1 is 1.41 bits per heavy atom. The molecule has 1 heterocycles. The van der Waals surface area contributed by atoms with Crippen molar-refractivity contribution < 1.29 is 8.42 Å². The summed E-state index contributed by atoms with van der Waals surface area (Å²) in [6.45, 7) is 5.80. The van der Waals surface area contributed by atoms with Crippen molar-refractivity contribution >= 4 is 15.8 Å². The number of sulfonamides is 1. The Morgan fingerprint density at radius 2 is 2.09 bits per heavy atom. The van der Waals surface area contributed by atoms with Gasteiger partial charge < -0.3 is 5.32 Å². The fraction of sp³-hybridized carbons (Fsp3) is 0.600. The highest BCUT2D eigenvalue weighted by Gasteiger charge is 2.49. The van der Waals surface area contributed by atoms with Crippen molar-refractivity contribution in [2.75, 3.05) is 11.9 Å². The van der Waals surface area contributed by atoms with Crippen LogP contribution in [0.5, 0.6) is 0 Å². The highest BCUT2D eigenvalue weighted by Crippen LogP contribution is 2.39. The van der Waals surface area contributed by atoms with Gasteiger partial charge >= 0.3 is 0 Å². The van der Waals surface area contributed by atoms with Gasteiger partial charge in [0.2, 0.25) is 10.0 Å². The molecule has 0 bridgehead atoms. The standard InChI is InChI=1S/C15H22N4O2S/c1-14(2,3)19-22(20,21)15(6-4-7-15)11-18-13-9-12(10-16)5-8-17-13/h5,8-9,19H,4,6-7,11H2,1-3H3,(H,17,18). The van der Waals surface area contributed by atoms with Gasteiger partial charge in [-0.15, -0.1) is 0 Å². The summed E-state index contributed by atoms with van der Waals surface area (Å²) in [4.78, 5) is 4.13. The van der Waals surface area contributed by atoms with E-state index in [1.165, 1.54) is 6.20 Å². The van der Waals surface area contributed by atoms with Crippen LogP contribution in [0, 0.1) is 11.3 Å². The maximum absolute atomic E-state index is 12.7. The van der Waals surface area contributed by atoms with Gasteiger partial charge in [-0.2, -0.15) is 5.26 Å². The van der Waals surface area contributed by atoms with Crippen LogP contribution in [0.25, 0.3) is 0 Å². The summed E-state index contributed by atoms with van der Waals surface area (Å²) in [6.07, 6.45) is 3.70. The van der Waals surface area contributed by atoms with Gasteiger partial charge in [-0.1, -0.05) is 6.42 Å². The molecule has 1 aliphatic rings. The number of rotatable bonds is 5. The number of nitrogens with zero attached hydrogens (tertiary/aromatic N) is 2. The Bertz CT molecular complexity index is 682. The van der Waals surface area contributed by atoms with Crippen LogP contribution in [-0.2, 0) is 10.0 Å². The van der Waals surface area contributed by atoms with Crippen LogP contribution >= 0.6 is 0 Å². The number of nitrogens with one attached hydrogen (secondary N) is 2. The molecule has 1 saturated carbocycles. The monoisotopic (exact) mass is 322 g/mol. The largest absolute Gasteiger partial charge is 0.368 e. The summed E-state index contributed by atoms with van der Waals surface area (Å²) in [5.74, 6) is 0.524. The van der Waals surface area contributed by atoms with E-state index in [9.17, 15) is 8.42 Å². The van der Waals surface area contributed by atoms with E-state index in [1.807, 2.05) is 26.8 Å². The van der Waals surface area contributed by atoms with Crippen LogP contribution in [0.2, 0.25) is 0 Å². The molecular formula is C15H22N4O2S. The van der Waals surface area contributed by atoms with Crippen LogP contribution in [0.1, 0.15) is 45.6 Å². The first-order valence-electron chi connectivity index (χ1n) is 7.31. The summed E-state index contributed by atoms with van der Waals surface area (Å²) < 4.78 is 27.3. The first-order valence-corrected chi connectivity index (χ1v) is 8.79. The second-order valence-corrected chi connectivity index (χ2v) is 8.86. The summed E-state index contributed by atoms with van der Waals surface area (Å²) in [5, 5.41) is 12.0. The molecule has 22 heavy (non-hydrogen) atoms. The molecular weight excluding hydrogens is 300 g/mol. The maximum atomic E-state index is 12.7. The third-order valence-electron chi connectivity index (χ3n) is 3.76. The lowest BCUT2D eigenvalue weighted by Crippen LogP contribution is -2.58. The molecule has 0 saturated heterocycles. The third kappa shape index (κ3) is 3.57. The Labute approximate surface area is 132 Å². The highest BCUT2D eigenvalue weighted by molar-refractivity contribution is 7.91. The smallest absolute Gasteiger partial charge is 0.219 e. The average molecular weight is 322 g/mol. The molecule has 0 radical (unpaired) electrons. The van der Waals surface area contributed by atoms with Gasteiger partial charge in [-0.25, -0.2) is 18.1 Å². The Kier molecular flexibility index (Phi) is 4.45. The zero-order chi connectivity index (χ0) is 16.4.